The average molecular weight is 280 g/mol. The number of nitro groups is 1. The van der Waals surface area contributed by atoms with Crippen molar-refractivity contribution in [3.05, 3.63) is 15.8 Å². The maximum absolute atomic E-state index is 12.3. The molecule has 0 unspecified atom stereocenters. The highest BCUT2D eigenvalue weighted by Gasteiger charge is 2.33. The summed E-state index contributed by atoms with van der Waals surface area (Å²) in [5.74, 6) is 4.40. The van der Waals surface area contributed by atoms with Gasteiger partial charge >= 0.3 is 11.9 Å². The highest BCUT2D eigenvalue weighted by molar-refractivity contribution is 5.62. The first-order valence-electron chi connectivity index (χ1n) is 4.93. The number of nitrogens with one attached hydrogen (secondary N) is 1. The van der Waals surface area contributed by atoms with E-state index in [9.17, 15) is 23.3 Å². The lowest BCUT2D eigenvalue weighted by Crippen LogP contribution is -2.32. The minimum Gasteiger partial charge on any atom is -0.345 e. The molecule has 0 fully saturated rings. The number of hydrogen-bond donors (Lipinski definition) is 2. The molecular weight excluding hydrogens is 269 g/mol. The molecule has 3 N–H and O–H groups in total. The number of nitrogens with two attached hydrogens (primary N) is 1. The van der Waals surface area contributed by atoms with Crippen LogP contribution in [0.4, 0.5) is 30.6 Å². The molecule has 19 heavy (non-hydrogen) atoms. The predicted octanol–water partition coefficient (Wildman–Crippen LogP) is 0.977. The van der Waals surface area contributed by atoms with Crippen molar-refractivity contribution < 1.29 is 18.1 Å². The van der Waals surface area contributed by atoms with E-state index in [1.807, 2.05) is 5.43 Å². The zero-order valence-electron chi connectivity index (χ0n) is 10.0. The maximum Gasteiger partial charge on any atom is 0.405 e. The van der Waals surface area contributed by atoms with Crippen LogP contribution in [0.2, 0.25) is 0 Å². The first-order valence-corrected chi connectivity index (χ1v) is 4.93. The highest BCUT2D eigenvalue weighted by atomic mass is 19.4. The molecule has 0 atom stereocenters. The van der Waals surface area contributed by atoms with Crippen LogP contribution in [0, 0.1) is 17.0 Å². The molecule has 11 heteroatoms. The first kappa shape index (κ1) is 14.9. The van der Waals surface area contributed by atoms with Gasteiger partial charge in [0.25, 0.3) is 0 Å². The second-order valence-electron chi connectivity index (χ2n) is 3.68. The van der Waals surface area contributed by atoms with E-state index in [1.54, 1.807) is 0 Å². The third kappa shape index (κ3) is 3.64. The molecule has 106 valence electrons. The van der Waals surface area contributed by atoms with Crippen molar-refractivity contribution in [3.8, 4) is 0 Å². The summed E-state index contributed by atoms with van der Waals surface area (Å²) in [7, 11) is 1.04. The van der Waals surface area contributed by atoms with E-state index < -0.39 is 29.1 Å². The second-order valence-corrected chi connectivity index (χ2v) is 3.68. The van der Waals surface area contributed by atoms with Crippen molar-refractivity contribution in [2.24, 2.45) is 5.84 Å². The molecule has 0 aromatic carbocycles. The molecule has 0 aliphatic heterocycles. The molecular formula is C8H11F3N6O2. The predicted molar refractivity (Wildman–Crippen MR) is 60.6 cm³/mol. The zero-order valence-corrected chi connectivity index (χ0v) is 10.0. The van der Waals surface area contributed by atoms with Crippen molar-refractivity contribution in [1.29, 1.82) is 0 Å². The van der Waals surface area contributed by atoms with Crippen LogP contribution in [0.3, 0.4) is 0 Å². The van der Waals surface area contributed by atoms with E-state index >= 15 is 0 Å². The highest BCUT2D eigenvalue weighted by Crippen LogP contribution is 2.30. The molecule has 1 aromatic heterocycles. The molecule has 0 spiro atoms. The summed E-state index contributed by atoms with van der Waals surface area (Å²) < 4.78 is 36.9. The number of alkyl halides is 3. The molecule has 1 rings (SSSR count). The maximum atomic E-state index is 12.3. The quantitative estimate of drug-likeness (QED) is 0.480. The Morgan fingerprint density at radius 3 is 2.47 bits per heavy atom. The summed E-state index contributed by atoms with van der Waals surface area (Å²) >= 11 is 0. The average Bonchev–Trinajstić information content (AvgIpc) is 2.24. The summed E-state index contributed by atoms with van der Waals surface area (Å²) in [6.45, 7) is -0.0973. The van der Waals surface area contributed by atoms with Crippen LogP contribution < -0.4 is 16.2 Å². The lowest BCUT2D eigenvalue weighted by molar-refractivity contribution is -0.385. The number of aromatic nitrogens is 2. The summed E-state index contributed by atoms with van der Waals surface area (Å²) in [4.78, 5) is 17.9. The summed E-state index contributed by atoms with van der Waals surface area (Å²) in [6.07, 6.45) is -4.52. The number of hydrazine groups is 1. The van der Waals surface area contributed by atoms with Crippen LogP contribution in [0.25, 0.3) is 0 Å². The molecule has 0 bridgehead atoms. The van der Waals surface area contributed by atoms with Gasteiger partial charge in [0.05, 0.1) is 4.92 Å². The van der Waals surface area contributed by atoms with Crippen molar-refractivity contribution in [1.82, 2.24) is 9.97 Å². The summed E-state index contributed by atoms with van der Waals surface area (Å²) in [5, 5.41) is 10.9. The molecule has 0 amide bonds. The zero-order chi connectivity index (χ0) is 14.8. The molecule has 0 saturated heterocycles. The fraction of sp³-hybridized carbons (Fsp3) is 0.500. The van der Waals surface area contributed by atoms with Gasteiger partial charge in [0.15, 0.2) is 0 Å². The largest absolute Gasteiger partial charge is 0.405 e. The van der Waals surface area contributed by atoms with Gasteiger partial charge in [0.1, 0.15) is 12.2 Å². The fourth-order valence-electron chi connectivity index (χ4n) is 1.44. The number of anilines is 2. The Labute approximate surface area is 105 Å². The van der Waals surface area contributed by atoms with Gasteiger partial charge in [0.2, 0.25) is 11.8 Å². The number of nitrogen functional groups attached to an aromatic ring is 1. The SMILES string of the molecule is Cc1nc(NN)nc(N(C)CC(F)(F)F)c1[N+](=O)[O-]. The molecule has 0 radical (unpaired) electrons. The Kier molecular flexibility index (Phi) is 4.09. The van der Waals surface area contributed by atoms with Crippen LogP contribution >= 0.6 is 0 Å². The van der Waals surface area contributed by atoms with Gasteiger partial charge < -0.3 is 4.90 Å². The number of rotatable bonds is 4. The summed E-state index contributed by atoms with van der Waals surface area (Å²) in [5.41, 5.74) is 1.36. The van der Waals surface area contributed by atoms with Gasteiger partial charge in [0, 0.05) is 7.05 Å². The van der Waals surface area contributed by atoms with Crippen LogP contribution in [0.1, 0.15) is 5.69 Å². The van der Waals surface area contributed by atoms with Crippen molar-refractivity contribution >= 4 is 17.5 Å². The monoisotopic (exact) mass is 280 g/mol. The van der Waals surface area contributed by atoms with Crippen molar-refractivity contribution in [2.45, 2.75) is 13.1 Å². The van der Waals surface area contributed by atoms with E-state index in [4.69, 9.17) is 5.84 Å². The van der Waals surface area contributed by atoms with E-state index in [2.05, 4.69) is 9.97 Å². The third-order valence-electron chi connectivity index (χ3n) is 2.13. The van der Waals surface area contributed by atoms with Crippen LogP contribution in [-0.4, -0.2) is 34.7 Å². The normalized spacial score (nSPS) is 11.3. The first-order chi connectivity index (χ1) is 8.65. The number of hydrogen-bond acceptors (Lipinski definition) is 7. The van der Waals surface area contributed by atoms with E-state index in [-0.39, 0.29) is 11.6 Å². The van der Waals surface area contributed by atoms with E-state index in [0.717, 1.165) is 7.05 Å². The van der Waals surface area contributed by atoms with Gasteiger partial charge in [-0.25, -0.2) is 10.8 Å². The minimum atomic E-state index is -4.52. The lowest BCUT2D eigenvalue weighted by Gasteiger charge is -2.20. The Morgan fingerprint density at radius 1 is 1.47 bits per heavy atom. The minimum absolute atomic E-state index is 0.0861. The van der Waals surface area contributed by atoms with Crippen molar-refractivity contribution in [3.63, 3.8) is 0 Å². The molecule has 1 aromatic rings. The van der Waals surface area contributed by atoms with Crippen LogP contribution in [-0.2, 0) is 0 Å². The topological polar surface area (TPSA) is 110 Å². The third-order valence-corrected chi connectivity index (χ3v) is 2.13. The summed E-state index contributed by atoms with van der Waals surface area (Å²) in [6, 6.07) is 0. The van der Waals surface area contributed by atoms with Gasteiger partial charge in [-0.3, -0.25) is 15.5 Å². The number of nitrogens with zero attached hydrogens (tertiary/aromatic N) is 4. The van der Waals surface area contributed by atoms with E-state index in [0.29, 0.717) is 4.90 Å². The molecule has 0 aliphatic rings. The Balaban J connectivity index is 3.30. The fourth-order valence-corrected chi connectivity index (χ4v) is 1.44. The van der Waals surface area contributed by atoms with Crippen molar-refractivity contribution in [2.75, 3.05) is 23.9 Å². The molecule has 1 heterocycles. The van der Waals surface area contributed by atoms with Gasteiger partial charge in [-0.15, -0.1) is 0 Å². The smallest absolute Gasteiger partial charge is 0.345 e. The Bertz CT molecular complexity index is 492. The standard InChI is InChI=1S/C8H11F3N6O2/c1-4-5(17(18)19)6(14-7(13-4)15-12)16(2)3-8(9,10)11/h3,12H2,1-2H3,(H,13,14,15). The number of aryl methyl sites for hydroxylation is 1. The second kappa shape index (κ2) is 5.22. The molecule has 0 saturated carbocycles. The molecule has 8 nitrogen and oxygen atoms in total. The number of halogens is 3. The van der Waals surface area contributed by atoms with Gasteiger partial charge in [-0.05, 0) is 6.92 Å². The molecule has 0 aliphatic carbocycles. The Hall–Kier alpha value is -2.17. The van der Waals surface area contributed by atoms with Crippen LogP contribution in [0.5, 0.6) is 0 Å². The van der Waals surface area contributed by atoms with Gasteiger partial charge in [-0.2, -0.15) is 18.2 Å². The van der Waals surface area contributed by atoms with Crippen LogP contribution in [0.15, 0.2) is 0 Å². The van der Waals surface area contributed by atoms with E-state index in [1.165, 1.54) is 6.92 Å². The Morgan fingerprint density at radius 2 is 2.05 bits per heavy atom. The van der Waals surface area contributed by atoms with Gasteiger partial charge in [-0.1, -0.05) is 0 Å². The lowest BCUT2D eigenvalue weighted by atomic mass is 10.3.